The third-order valence-corrected chi connectivity index (χ3v) is 3.23. The van der Waals surface area contributed by atoms with E-state index in [-0.39, 0.29) is 13.0 Å². The standard InChI is InChI=1S/C14H18N2O5/c1-3-4-5-20-8-11-10(17)6-12(21-11)16-7-9(2)13(18)15-14(16)19/h7,10-12,17H,3,6,8H2,1-2H3,(H,15,18,19)/t10-,11+,12+/m0/s1. The number of ether oxygens (including phenoxy) is 2. The number of nitrogens with one attached hydrogen (secondary N) is 1. The minimum Gasteiger partial charge on any atom is -0.444 e. The second-order valence-corrected chi connectivity index (χ2v) is 4.85. The highest BCUT2D eigenvalue weighted by Gasteiger charge is 2.36. The molecule has 114 valence electrons. The first-order valence-corrected chi connectivity index (χ1v) is 6.78. The number of hydrogen-bond donors (Lipinski definition) is 2. The van der Waals surface area contributed by atoms with Gasteiger partial charge in [0.1, 0.15) is 25.0 Å². The summed E-state index contributed by atoms with van der Waals surface area (Å²) in [6.07, 6.45) is 2.93. The molecule has 1 aliphatic rings. The van der Waals surface area contributed by atoms with Crippen LogP contribution in [0.25, 0.3) is 0 Å². The average Bonchev–Trinajstić information content (AvgIpc) is 2.80. The van der Waals surface area contributed by atoms with Crippen LogP contribution in [0, 0.1) is 19.0 Å². The summed E-state index contributed by atoms with van der Waals surface area (Å²) in [5, 5.41) is 9.95. The number of H-pyrrole nitrogens is 1. The van der Waals surface area contributed by atoms with E-state index in [1.54, 1.807) is 6.92 Å². The van der Waals surface area contributed by atoms with Crippen LogP contribution in [0.4, 0.5) is 0 Å². The van der Waals surface area contributed by atoms with Crippen molar-refractivity contribution in [1.29, 1.82) is 0 Å². The van der Waals surface area contributed by atoms with E-state index in [9.17, 15) is 14.7 Å². The molecular formula is C14H18N2O5. The number of aliphatic hydroxyl groups excluding tert-OH is 1. The number of aryl methyl sites for hydroxylation is 1. The molecule has 2 N–H and O–H groups in total. The molecule has 1 aromatic heterocycles. The van der Waals surface area contributed by atoms with E-state index in [4.69, 9.17) is 9.47 Å². The largest absolute Gasteiger partial charge is 0.444 e. The van der Waals surface area contributed by atoms with E-state index in [2.05, 4.69) is 17.0 Å². The molecule has 1 aliphatic heterocycles. The molecule has 0 amide bonds. The predicted molar refractivity (Wildman–Crippen MR) is 74.6 cm³/mol. The van der Waals surface area contributed by atoms with E-state index in [1.807, 2.05) is 6.92 Å². The number of aromatic amines is 1. The molecule has 0 aromatic carbocycles. The van der Waals surface area contributed by atoms with Crippen molar-refractivity contribution in [2.75, 3.05) is 6.61 Å². The zero-order valence-corrected chi connectivity index (χ0v) is 12.0. The molecule has 0 unspecified atom stereocenters. The summed E-state index contributed by atoms with van der Waals surface area (Å²) >= 11 is 0. The minimum absolute atomic E-state index is 0.127. The van der Waals surface area contributed by atoms with Gasteiger partial charge in [-0.1, -0.05) is 12.8 Å². The van der Waals surface area contributed by atoms with E-state index in [0.717, 1.165) is 0 Å². The summed E-state index contributed by atoms with van der Waals surface area (Å²) in [6.45, 7) is 3.63. The van der Waals surface area contributed by atoms with E-state index in [0.29, 0.717) is 12.0 Å². The Labute approximate surface area is 121 Å². The van der Waals surface area contributed by atoms with Crippen LogP contribution in [-0.2, 0) is 9.47 Å². The van der Waals surface area contributed by atoms with Gasteiger partial charge in [0.2, 0.25) is 0 Å². The van der Waals surface area contributed by atoms with E-state index < -0.39 is 29.7 Å². The van der Waals surface area contributed by atoms with Crippen LogP contribution in [0.5, 0.6) is 0 Å². The normalized spacial score (nSPS) is 24.4. The van der Waals surface area contributed by atoms with Crippen molar-refractivity contribution in [3.8, 4) is 12.0 Å². The van der Waals surface area contributed by atoms with Gasteiger partial charge in [0, 0.05) is 24.6 Å². The first kappa shape index (κ1) is 15.4. The predicted octanol–water partition coefficient (Wildman–Crippen LogP) is -0.119. The van der Waals surface area contributed by atoms with Gasteiger partial charge in [0.05, 0.1) is 6.10 Å². The molecule has 0 saturated carbocycles. The second-order valence-electron chi connectivity index (χ2n) is 4.85. The molecule has 2 rings (SSSR count). The highest BCUT2D eigenvalue weighted by Crippen LogP contribution is 2.27. The summed E-state index contributed by atoms with van der Waals surface area (Å²) in [5.41, 5.74) is -0.583. The van der Waals surface area contributed by atoms with Gasteiger partial charge in [-0.3, -0.25) is 14.3 Å². The maximum Gasteiger partial charge on any atom is 0.330 e. The molecule has 1 saturated heterocycles. The van der Waals surface area contributed by atoms with Crippen LogP contribution in [-0.4, -0.2) is 33.5 Å². The lowest BCUT2D eigenvalue weighted by Crippen LogP contribution is -2.33. The monoisotopic (exact) mass is 294 g/mol. The van der Waals surface area contributed by atoms with Gasteiger partial charge in [-0.2, -0.15) is 0 Å². The Kier molecular flexibility index (Phi) is 4.83. The Morgan fingerprint density at radius 1 is 1.57 bits per heavy atom. The molecule has 7 heteroatoms. The maximum absolute atomic E-state index is 11.8. The highest BCUT2D eigenvalue weighted by molar-refractivity contribution is 5.02. The summed E-state index contributed by atoms with van der Waals surface area (Å²) < 4.78 is 12.0. The average molecular weight is 294 g/mol. The molecule has 2 heterocycles. The SMILES string of the molecule is CCC#COC[C@H]1O[C@@H](n2cc(C)c(=O)[nH]c2=O)C[C@@H]1O. The molecule has 0 radical (unpaired) electrons. The van der Waals surface area contributed by atoms with Crippen molar-refractivity contribution >= 4 is 0 Å². The van der Waals surface area contributed by atoms with Gasteiger partial charge >= 0.3 is 5.69 Å². The van der Waals surface area contributed by atoms with Crippen LogP contribution >= 0.6 is 0 Å². The molecule has 0 spiro atoms. The third kappa shape index (κ3) is 3.54. The zero-order valence-electron chi connectivity index (χ0n) is 12.0. The molecule has 0 bridgehead atoms. The molecule has 1 fully saturated rings. The fourth-order valence-electron chi connectivity index (χ4n) is 2.08. The van der Waals surface area contributed by atoms with Crippen molar-refractivity contribution in [3.63, 3.8) is 0 Å². The van der Waals surface area contributed by atoms with Gasteiger partial charge in [-0.05, 0) is 6.92 Å². The number of rotatable bonds is 3. The Hall–Kier alpha value is -2.04. The van der Waals surface area contributed by atoms with Crippen LogP contribution in [0.3, 0.4) is 0 Å². The third-order valence-electron chi connectivity index (χ3n) is 3.23. The smallest absolute Gasteiger partial charge is 0.330 e. The van der Waals surface area contributed by atoms with Gasteiger partial charge in [-0.15, -0.1) is 0 Å². The maximum atomic E-state index is 11.8. The lowest BCUT2D eigenvalue weighted by atomic mass is 10.2. The number of hydrogen-bond acceptors (Lipinski definition) is 5. The van der Waals surface area contributed by atoms with E-state index in [1.165, 1.54) is 10.8 Å². The molecule has 21 heavy (non-hydrogen) atoms. The fourth-order valence-corrected chi connectivity index (χ4v) is 2.08. The molecule has 0 aliphatic carbocycles. The van der Waals surface area contributed by atoms with Gasteiger partial charge in [-0.25, -0.2) is 4.79 Å². The van der Waals surface area contributed by atoms with E-state index >= 15 is 0 Å². The number of aliphatic hydroxyl groups is 1. The van der Waals surface area contributed by atoms with Gasteiger partial charge in [0.25, 0.3) is 5.56 Å². The van der Waals surface area contributed by atoms with Crippen molar-refractivity contribution in [2.24, 2.45) is 0 Å². The Bertz CT molecular complexity index is 666. The number of nitrogens with zero attached hydrogens (tertiary/aromatic N) is 1. The molecule has 7 nitrogen and oxygen atoms in total. The van der Waals surface area contributed by atoms with Gasteiger partial charge in [0.15, 0.2) is 0 Å². The van der Waals surface area contributed by atoms with Crippen molar-refractivity contribution in [2.45, 2.75) is 45.1 Å². The first-order valence-electron chi connectivity index (χ1n) is 6.78. The topological polar surface area (TPSA) is 93.5 Å². The summed E-state index contributed by atoms with van der Waals surface area (Å²) in [7, 11) is 0. The minimum atomic E-state index is -0.752. The Morgan fingerprint density at radius 3 is 3.05 bits per heavy atom. The van der Waals surface area contributed by atoms with Crippen LogP contribution in [0.1, 0.15) is 31.6 Å². The first-order chi connectivity index (χ1) is 10.0. The lowest BCUT2D eigenvalue weighted by Gasteiger charge is -2.15. The quantitative estimate of drug-likeness (QED) is 0.758. The van der Waals surface area contributed by atoms with Crippen molar-refractivity contribution in [1.82, 2.24) is 9.55 Å². The van der Waals surface area contributed by atoms with Crippen molar-refractivity contribution in [3.05, 3.63) is 32.6 Å². The van der Waals surface area contributed by atoms with Crippen LogP contribution in [0.2, 0.25) is 0 Å². The number of aromatic nitrogens is 2. The Morgan fingerprint density at radius 2 is 2.33 bits per heavy atom. The molecule has 1 aromatic rings. The summed E-state index contributed by atoms with van der Waals surface area (Å²) in [4.78, 5) is 25.3. The van der Waals surface area contributed by atoms with Crippen LogP contribution < -0.4 is 11.2 Å². The Balaban J connectivity index is 2.09. The van der Waals surface area contributed by atoms with Crippen LogP contribution in [0.15, 0.2) is 15.8 Å². The highest BCUT2D eigenvalue weighted by atomic mass is 16.6. The lowest BCUT2D eigenvalue weighted by molar-refractivity contribution is -0.0458. The van der Waals surface area contributed by atoms with Gasteiger partial charge < -0.3 is 14.6 Å². The fraction of sp³-hybridized carbons (Fsp3) is 0.571. The zero-order chi connectivity index (χ0) is 15.4. The molecular weight excluding hydrogens is 276 g/mol. The second kappa shape index (κ2) is 6.61. The van der Waals surface area contributed by atoms with Crippen molar-refractivity contribution < 1.29 is 14.6 Å². The molecule has 3 atom stereocenters. The summed E-state index contributed by atoms with van der Waals surface area (Å²) in [5.74, 6) is 2.75. The summed E-state index contributed by atoms with van der Waals surface area (Å²) in [6, 6.07) is 0.